The smallest absolute Gasteiger partial charge is 0.223 e. The molecule has 5 atom stereocenters. The number of amides is 1. The van der Waals surface area contributed by atoms with Gasteiger partial charge in [-0.15, -0.1) is 0 Å². The molecule has 0 aromatic rings. The van der Waals surface area contributed by atoms with Crippen molar-refractivity contribution in [1.82, 2.24) is 5.32 Å². The van der Waals surface area contributed by atoms with Crippen LogP contribution in [0.4, 0.5) is 0 Å². The second kappa shape index (κ2) is 5.38. The number of nitrogens with two attached hydrogens (primary N) is 1. The van der Waals surface area contributed by atoms with E-state index in [1.165, 1.54) is 12.8 Å². The lowest BCUT2D eigenvalue weighted by atomic mass is 9.77. The topological polar surface area (TPSA) is 55.1 Å². The first kappa shape index (κ1) is 12.9. The normalized spacial score (nSPS) is 42.4. The van der Waals surface area contributed by atoms with Crippen molar-refractivity contribution in [2.45, 2.75) is 64.5 Å². The first-order valence-corrected chi connectivity index (χ1v) is 7.14. The van der Waals surface area contributed by atoms with Gasteiger partial charge in [-0.1, -0.05) is 20.3 Å². The Balaban J connectivity index is 1.87. The zero-order chi connectivity index (χ0) is 12.4. The fraction of sp³-hybridized carbons (Fsp3) is 0.929. The number of carbonyl (C=O) groups excluding carboxylic acids is 1. The largest absolute Gasteiger partial charge is 0.353 e. The van der Waals surface area contributed by atoms with Crippen molar-refractivity contribution < 1.29 is 4.79 Å². The summed E-state index contributed by atoms with van der Waals surface area (Å²) in [5.74, 6) is 1.57. The molecule has 0 aromatic carbocycles. The molecule has 2 fully saturated rings. The van der Waals surface area contributed by atoms with Gasteiger partial charge in [-0.3, -0.25) is 4.79 Å². The van der Waals surface area contributed by atoms with Crippen LogP contribution in [0.15, 0.2) is 0 Å². The first-order chi connectivity index (χ1) is 8.08. The molecule has 0 bridgehead atoms. The molecule has 3 nitrogen and oxygen atoms in total. The molecular weight excluding hydrogens is 212 g/mol. The molecule has 2 saturated carbocycles. The highest BCUT2D eigenvalue weighted by molar-refractivity contribution is 5.79. The van der Waals surface area contributed by atoms with Crippen LogP contribution in [-0.2, 0) is 4.79 Å². The lowest BCUT2D eigenvalue weighted by Crippen LogP contribution is -2.45. The zero-order valence-electron chi connectivity index (χ0n) is 11.1. The lowest BCUT2D eigenvalue weighted by molar-refractivity contribution is -0.128. The van der Waals surface area contributed by atoms with E-state index in [0.717, 1.165) is 25.7 Å². The molecule has 0 aromatic heterocycles. The highest BCUT2D eigenvalue weighted by atomic mass is 16.2. The zero-order valence-corrected chi connectivity index (χ0v) is 11.1. The molecule has 17 heavy (non-hydrogen) atoms. The van der Waals surface area contributed by atoms with E-state index in [-0.39, 0.29) is 11.8 Å². The van der Waals surface area contributed by atoms with Crippen LogP contribution in [0.2, 0.25) is 0 Å². The third-order valence-corrected chi connectivity index (χ3v) is 4.74. The standard InChI is InChI=1S/C14H26N2O/c1-9-4-3-5-13(9)16-14(17)12-7-6-11(15)8-10(12)2/h9-13H,3-8,15H2,1-2H3,(H,16,17). The van der Waals surface area contributed by atoms with Gasteiger partial charge in [0.1, 0.15) is 0 Å². The van der Waals surface area contributed by atoms with Crippen LogP contribution in [0.25, 0.3) is 0 Å². The predicted octanol–water partition coefficient (Wildman–Crippen LogP) is 2.05. The van der Waals surface area contributed by atoms with Crippen molar-refractivity contribution in [1.29, 1.82) is 0 Å². The van der Waals surface area contributed by atoms with Crippen molar-refractivity contribution >= 4 is 5.91 Å². The summed E-state index contributed by atoms with van der Waals surface area (Å²) in [4.78, 5) is 12.3. The molecule has 3 heteroatoms. The Morgan fingerprint density at radius 1 is 1.12 bits per heavy atom. The van der Waals surface area contributed by atoms with Crippen LogP contribution in [0.1, 0.15) is 52.4 Å². The van der Waals surface area contributed by atoms with E-state index in [0.29, 0.717) is 23.9 Å². The molecule has 0 spiro atoms. The van der Waals surface area contributed by atoms with Gasteiger partial charge in [0, 0.05) is 18.0 Å². The van der Waals surface area contributed by atoms with E-state index >= 15 is 0 Å². The van der Waals surface area contributed by atoms with Crippen molar-refractivity contribution in [2.24, 2.45) is 23.5 Å². The summed E-state index contributed by atoms with van der Waals surface area (Å²) >= 11 is 0. The summed E-state index contributed by atoms with van der Waals surface area (Å²) < 4.78 is 0. The van der Waals surface area contributed by atoms with Gasteiger partial charge in [0.2, 0.25) is 5.91 Å². The third-order valence-electron chi connectivity index (χ3n) is 4.74. The molecule has 3 N–H and O–H groups in total. The molecule has 0 saturated heterocycles. The highest BCUT2D eigenvalue weighted by Gasteiger charge is 2.33. The van der Waals surface area contributed by atoms with Crippen molar-refractivity contribution in [3.8, 4) is 0 Å². The molecule has 2 aliphatic carbocycles. The van der Waals surface area contributed by atoms with Crippen LogP contribution in [-0.4, -0.2) is 18.0 Å². The SMILES string of the molecule is CC1CCCC1NC(=O)C1CCC(N)CC1C. The van der Waals surface area contributed by atoms with Gasteiger partial charge < -0.3 is 11.1 Å². The lowest BCUT2D eigenvalue weighted by Gasteiger charge is -2.32. The Labute approximate surface area is 105 Å². The van der Waals surface area contributed by atoms with Crippen LogP contribution in [0.3, 0.4) is 0 Å². The van der Waals surface area contributed by atoms with Crippen LogP contribution >= 0.6 is 0 Å². The van der Waals surface area contributed by atoms with E-state index < -0.39 is 0 Å². The summed E-state index contributed by atoms with van der Waals surface area (Å²) in [5, 5.41) is 3.26. The van der Waals surface area contributed by atoms with Gasteiger partial charge in [0.05, 0.1) is 0 Å². The van der Waals surface area contributed by atoms with Crippen LogP contribution in [0.5, 0.6) is 0 Å². The minimum absolute atomic E-state index is 0.197. The maximum absolute atomic E-state index is 12.3. The molecule has 0 aliphatic heterocycles. The summed E-state index contributed by atoms with van der Waals surface area (Å²) in [6.45, 7) is 4.42. The van der Waals surface area contributed by atoms with E-state index in [2.05, 4.69) is 19.2 Å². The molecule has 5 unspecified atom stereocenters. The van der Waals surface area contributed by atoms with Gasteiger partial charge in [-0.05, 0) is 43.9 Å². The van der Waals surface area contributed by atoms with Crippen LogP contribution in [0, 0.1) is 17.8 Å². The Bertz CT molecular complexity index is 279. The minimum atomic E-state index is 0.197. The summed E-state index contributed by atoms with van der Waals surface area (Å²) in [7, 11) is 0. The van der Waals surface area contributed by atoms with E-state index in [1.807, 2.05) is 0 Å². The Kier molecular flexibility index (Phi) is 4.08. The molecule has 1 amide bonds. The Morgan fingerprint density at radius 2 is 1.88 bits per heavy atom. The Hall–Kier alpha value is -0.570. The number of rotatable bonds is 2. The van der Waals surface area contributed by atoms with Crippen molar-refractivity contribution in [3.05, 3.63) is 0 Å². The fourth-order valence-corrected chi connectivity index (χ4v) is 3.48. The average Bonchev–Trinajstić information content (AvgIpc) is 2.64. The Morgan fingerprint density at radius 3 is 2.47 bits per heavy atom. The number of hydrogen-bond donors (Lipinski definition) is 2. The van der Waals surface area contributed by atoms with E-state index in [4.69, 9.17) is 5.73 Å². The molecule has 2 aliphatic rings. The number of nitrogens with one attached hydrogen (secondary N) is 1. The molecular formula is C14H26N2O. The highest BCUT2D eigenvalue weighted by Crippen LogP contribution is 2.31. The van der Waals surface area contributed by atoms with E-state index in [1.54, 1.807) is 0 Å². The van der Waals surface area contributed by atoms with Gasteiger partial charge >= 0.3 is 0 Å². The summed E-state index contributed by atoms with van der Waals surface area (Å²) in [6.07, 6.45) is 6.65. The van der Waals surface area contributed by atoms with Gasteiger partial charge in [-0.2, -0.15) is 0 Å². The molecule has 0 radical (unpaired) electrons. The number of carbonyl (C=O) groups is 1. The molecule has 98 valence electrons. The van der Waals surface area contributed by atoms with Crippen molar-refractivity contribution in [3.63, 3.8) is 0 Å². The molecule has 2 rings (SSSR count). The number of hydrogen-bond acceptors (Lipinski definition) is 2. The van der Waals surface area contributed by atoms with Crippen LogP contribution < -0.4 is 11.1 Å². The monoisotopic (exact) mass is 238 g/mol. The second-order valence-electron chi connectivity index (χ2n) is 6.18. The predicted molar refractivity (Wildman–Crippen MR) is 69.4 cm³/mol. The maximum atomic E-state index is 12.3. The maximum Gasteiger partial charge on any atom is 0.223 e. The first-order valence-electron chi connectivity index (χ1n) is 7.14. The van der Waals surface area contributed by atoms with Crippen molar-refractivity contribution in [2.75, 3.05) is 0 Å². The average molecular weight is 238 g/mol. The minimum Gasteiger partial charge on any atom is -0.353 e. The third kappa shape index (κ3) is 3.01. The van der Waals surface area contributed by atoms with Gasteiger partial charge in [-0.25, -0.2) is 0 Å². The summed E-state index contributed by atoms with van der Waals surface area (Å²) in [6, 6.07) is 0.727. The quantitative estimate of drug-likeness (QED) is 0.773. The van der Waals surface area contributed by atoms with Gasteiger partial charge in [0.15, 0.2) is 0 Å². The summed E-state index contributed by atoms with van der Waals surface area (Å²) in [5.41, 5.74) is 5.94. The van der Waals surface area contributed by atoms with Gasteiger partial charge in [0.25, 0.3) is 0 Å². The fourth-order valence-electron chi connectivity index (χ4n) is 3.48. The second-order valence-corrected chi connectivity index (χ2v) is 6.18. The van der Waals surface area contributed by atoms with E-state index in [9.17, 15) is 4.79 Å². The molecule has 0 heterocycles.